The standard InChI is InChI=1S/C18H12F3N/c19-18(20,21)15-11-16(13-7-3-1-4-8-13)22-17(12-15)14-9-5-2-6-10-14/h1-12H. The van der Waals surface area contributed by atoms with E-state index in [9.17, 15) is 13.2 Å². The summed E-state index contributed by atoms with van der Waals surface area (Å²) in [5, 5.41) is 0. The molecule has 0 bridgehead atoms. The summed E-state index contributed by atoms with van der Waals surface area (Å²) in [7, 11) is 0. The van der Waals surface area contributed by atoms with E-state index in [2.05, 4.69) is 4.98 Å². The van der Waals surface area contributed by atoms with Crippen LogP contribution in [0.3, 0.4) is 0 Å². The molecule has 0 spiro atoms. The molecule has 1 aromatic heterocycles. The molecule has 0 amide bonds. The molecule has 3 rings (SSSR count). The van der Waals surface area contributed by atoms with Crippen molar-refractivity contribution in [3.63, 3.8) is 0 Å². The molecule has 110 valence electrons. The van der Waals surface area contributed by atoms with Crippen LogP contribution in [0.25, 0.3) is 22.5 Å². The topological polar surface area (TPSA) is 12.9 Å². The van der Waals surface area contributed by atoms with Crippen molar-refractivity contribution in [2.45, 2.75) is 6.18 Å². The highest BCUT2D eigenvalue weighted by atomic mass is 19.4. The van der Waals surface area contributed by atoms with Crippen molar-refractivity contribution in [1.82, 2.24) is 4.98 Å². The van der Waals surface area contributed by atoms with Gasteiger partial charge in [-0.05, 0) is 12.1 Å². The van der Waals surface area contributed by atoms with Crippen molar-refractivity contribution >= 4 is 0 Å². The van der Waals surface area contributed by atoms with Crippen LogP contribution in [0.15, 0.2) is 72.8 Å². The quantitative estimate of drug-likeness (QED) is 0.614. The molecule has 0 aliphatic rings. The van der Waals surface area contributed by atoms with Gasteiger partial charge in [0.25, 0.3) is 0 Å². The molecule has 0 N–H and O–H groups in total. The largest absolute Gasteiger partial charge is 0.416 e. The molecule has 0 aliphatic carbocycles. The molecule has 3 aromatic rings. The Morgan fingerprint density at radius 2 is 1.05 bits per heavy atom. The number of aromatic nitrogens is 1. The fourth-order valence-corrected chi connectivity index (χ4v) is 2.21. The second-order valence-corrected chi connectivity index (χ2v) is 4.86. The Kier molecular flexibility index (Phi) is 3.67. The summed E-state index contributed by atoms with van der Waals surface area (Å²) in [6.07, 6.45) is -4.41. The minimum absolute atomic E-state index is 0.314. The van der Waals surface area contributed by atoms with Crippen LogP contribution in [0.2, 0.25) is 0 Å². The molecule has 0 unspecified atom stereocenters. The SMILES string of the molecule is FC(F)(F)c1cc(-c2ccccc2)nc(-c2ccccc2)c1. The van der Waals surface area contributed by atoms with E-state index in [4.69, 9.17) is 0 Å². The number of pyridine rings is 1. The van der Waals surface area contributed by atoms with Gasteiger partial charge in [-0.25, -0.2) is 4.98 Å². The normalized spacial score (nSPS) is 11.4. The van der Waals surface area contributed by atoms with E-state index in [1.54, 1.807) is 48.5 Å². The third kappa shape index (κ3) is 3.01. The number of alkyl halides is 3. The van der Waals surface area contributed by atoms with Crippen LogP contribution in [0.4, 0.5) is 13.2 Å². The van der Waals surface area contributed by atoms with Crippen molar-refractivity contribution in [2.75, 3.05) is 0 Å². The summed E-state index contributed by atoms with van der Waals surface area (Å²) >= 11 is 0. The molecular formula is C18H12F3N. The van der Waals surface area contributed by atoms with Gasteiger partial charge in [-0.3, -0.25) is 0 Å². The average molecular weight is 299 g/mol. The van der Waals surface area contributed by atoms with E-state index < -0.39 is 11.7 Å². The molecule has 0 fully saturated rings. The zero-order valence-electron chi connectivity index (χ0n) is 11.5. The van der Waals surface area contributed by atoms with Crippen LogP contribution in [0.5, 0.6) is 0 Å². The van der Waals surface area contributed by atoms with Gasteiger partial charge in [0.05, 0.1) is 17.0 Å². The van der Waals surface area contributed by atoms with Gasteiger partial charge >= 0.3 is 6.18 Å². The maximum Gasteiger partial charge on any atom is 0.416 e. The van der Waals surface area contributed by atoms with Gasteiger partial charge in [-0.2, -0.15) is 13.2 Å². The van der Waals surface area contributed by atoms with Crippen LogP contribution in [-0.2, 0) is 6.18 Å². The van der Waals surface area contributed by atoms with Gasteiger partial charge in [0.1, 0.15) is 0 Å². The van der Waals surface area contributed by atoms with Crippen LogP contribution in [0.1, 0.15) is 5.56 Å². The molecule has 0 saturated carbocycles. The zero-order valence-corrected chi connectivity index (χ0v) is 11.5. The molecule has 2 aromatic carbocycles. The van der Waals surface area contributed by atoms with Crippen molar-refractivity contribution in [1.29, 1.82) is 0 Å². The highest BCUT2D eigenvalue weighted by Crippen LogP contribution is 2.34. The number of hydrogen-bond acceptors (Lipinski definition) is 1. The Hall–Kier alpha value is -2.62. The second-order valence-electron chi connectivity index (χ2n) is 4.86. The highest BCUT2D eigenvalue weighted by Gasteiger charge is 2.31. The predicted octanol–water partition coefficient (Wildman–Crippen LogP) is 5.43. The molecule has 22 heavy (non-hydrogen) atoms. The summed E-state index contributed by atoms with van der Waals surface area (Å²) in [6, 6.07) is 19.9. The minimum atomic E-state index is -4.41. The van der Waals surface area contributed by atoms with Crippen molar-refractivity contribution in [3.8, 4) is 22.5 Å². The van der Waals surface area contributed by atoms with Crippen molar-refractivity contribution in [2.24, 2.45) is 0 Å². The summed E-state index contributed by atoms with van der Waals surface area (Å²) in [4.78, 5) is 4.39. The van der Waals surface area contributed by atoms with E-state index in [0.29, 0.717) is 22.5 Å². The first-order valence-corrected chi connectivity index (χ1v) is 6.74. The first kappa shape index (κ1) is 14.3. The van der Waals surface area contributed by atoms with Gasteiger partial charge in [-0.15, -0.1) is 0 Å². The molecular weight excluding hydrogens is 287 g/mol. The van der Waals surface area contributed by atoms with Gasteiger partial charge in [0.2, 0.25) is 0 Å². The molecule has 4 heteroatoms. The molecule has 0 radical (unpaired) electrons. The lowest BCUT2D eigenvalue weighted by atomic mass is 10.0. The fraction of sp³-hybridized carbons (Fsp3) is 0.0556. The number of hydrogen-bond donors (Lipinski definition) is 0. The van der Waals surface area contributed by atoms with E-state index in [1.807, 2.05) is 12.1 Å². The third-order valence-corrected chi connectivity index (χ3v) is 3.29. The molecule has 0 atom stereocenters. The average Bonchev–Trinajstić information content (AvgIpc) is 2.55. The second kappa shape index (κ2) is 5.64. The van der Waals surface area contributed by atoms with Gasteiger partial charge in [0, 0.05) is 11.1 Å². The summed E-state index contributed by atoms with van der Waals surface area (Å²) in [5.74, 6) is 0. The smallest absolute Gasteiger partial charge is 0.248 e. The number of halogens is 3. The third-order valence-electron chi connectivity index (χ3n) is 3.29. The van der Waals surface area contributed by atoms with Crippen LogP contribution in [-0.4, -0.2) is 4.98 Å². The Morgan fingerprint density at radius 3 is 1.41 bits per heavy atom. The fourth-order valence-electron chi connectivity index (χ4n) is 2.21. The Morgan fingerprint density at radius 1 is 0.636 bits per heavy atom. The monoisotopic (exact) mass is 299 g/mol. The summed E-state index contributed by atoms with van der Waals surface area (Å²) < 4.78 is 39.5. The predicted molar refractivity (Wildman–Crippen MR) is 80.1 cm³/mol. The van der Waals surface area contributed by atoms with Crippen molar-refractivity contribution in [3.05, 3.63) is 78.4 Å². The number of benzene rings is 2. The molecule has 1 nitrogen and oxygen atoms in total. The molecule has 0 saturated heterocycles. The summed E-state index contributed by atoms with van der Waals surface area (Å²) in [6.45, 7) is 0. The zero-order chi connectivity index (χ0) is 15.6. The first-order chi connectivity index (χ1) is 10.5. The van der Waals surface area contributed by atoms with Crippen LogP contribution < -0.4 is 0 Å². The number of nitrogens with zero attached hydrogens (tertiary/aromatic N) is 1. The van der Waals surface area contributed by atoms with Gasteiger partial charge < -0.3 is 0 Å². The van der Waals surface area contributed by atoms with Crippen LogP contribution >= 0.6 is 0 Å². The van der Waals surface area contributed by atoms with E-state index in [0.717, 1.165) is 12.1 Å². The van der Waals surface area contributed by atoms with Crippen molar-refractivity contribution < 1.29 is 13.2 Å². The lowest BCUT2D eigenvalue weighted by Gasteiger charge is -2.12. The van der Waals surface area contributed by atoms with Gasteiger partial charge in [0.15, 0.2) is 0 Å². The molecule has 1 heterocycles. The number of rotatable bonds is 2. The van der Waals surface area contributed by atoms with Crippen LogP contribution in [0, 0.1) is 0 Å². The maximum absolute atomic E-state index is 13.2. The Labute approximate surface area is 126 Å². The minimum Gasteiger partial charge on any atom is -0.248 e. The molecule has 0 aliphatic heterocycles. The summed E-state index contributed by atoms with van der Waals surface area (Å²) in [5.41, 5.74) is 1.25. The Balaban J connectivity index is 2.19. The lowest BCUT2D eigenvalue weighted by molar-refractivity contribution is -0.137. The van der Waals surface area contributed by atoms with E-state index >= 15 is 0 Å². The highest BCUT2D eigenvalue weighted by molar-refractivity contribution is 5.67. The Bertz CT molecular complexity index is 708. The lowest BCUT2D eigenvalue weighted by Crippen LogP contribution is -2.06. The van der Waals surface area contributed by atoms with E-state index in [1.165, 1.54) is 0 Å². The van der Waals surface area contributed by atoms with E-state index in [-0.39, 0.29) is 0 Å². The maximum atomic E-state index is 13.2. The van der Waals surface area contributed by atoms with Gasteiger partial charge in [-0.1, -0.05) is 60.7 Å². The first-order valence-electron chi connectivity index (χ1n) is 6.74.